The number of benzene rings is 1. The monoisotopic (exact) mass is 498 g/mol. The molecular formula is C21H22Cl3FN6O. The normalized spacial score (nSPS) is 15.6. The van der Waals surface area contributed by atoms with E-state index < -0.39 is 0 Å². The van der Waals surface area contributed by atoms with Gasteiger partial charge in [0, 0.05) is 49.7 Å². The number of halogens is 4. The smallest absolute Gasteiger partial charge is 0.238 e. The van der Waals surface area contributed by atoms with E-state index in [-0.39, 0.29) is 48.9 Å². The zero-order valence-electron chi connectivity index (χ0n) is 16.8. The van der Waals surface area contributed by atoms with E-state index in [1.54, 1.807) is 24.5 Å². The minimum absolute atomic E-state index is 0. The molecule has 0 spiro atoms. The summed E-state index contributed by atoms with van der Waals surface area (Å²) in [5, 5.41) is 10.3. The molecule has 32 heavy (non-hydrogen) atoms. The number of nitrogens with zero attached hydrogens (tertiary/aromatic N) is 5. The van der Waals surface area contributed by atoms with Gasteiger partial charge >= 0.3 is 0 Å². The zero-order valence-corrected chi connectivity index (χ0v) is 19.3. The Hall–Kier alpha value is -2.81. The van der Waals surface area contributed by atoms with Gasteiger partial charge in [-0.25, -0.2) is 14.4 Å². The maximum Gasteiger partial charge on any atom is 0.238 e. The number of aromatic nitrogens is 3. The van der Waals surface area contributed by atoms with Gasteiger partial charge in [0.1, 0.15) is 11.5 Å². The molecule has 2 aliphatic rings. The van der Waals surface area contributed by atoms with Gasteiger partial charge in [-0.15, -0.1) is 37.2 Å². The Morgan fingerprint density at radius 2 is 1.69 bits per heavy atom. The first-order chi connectivity index (χ1) is 14.2. The molecule has 0 bridgehead atoms. The number of fused-ring (bicyclic) bond motifs is 1. The van der Waals surface area contributed by atoms with Crippen molar-refractivity contribution >= 4 is 72.5 Å². The minimum atomic E-state index is -0.210. The number of aromatic hydroxyl groups is 1. The second-order valence-corrected chi connectivity index (χ2v) is 6.96. The van der Waals surface area contributed by atoms with Crippen LogP contribution >= 0.6 is 37.2 Å². The molecule has 5 rings (SSSR count). The number of para-hydroxylation sites is 1. The average Bonchev–Trinajstić information content (AvgIpc) is 3.33. The van der Waals surface area contributed by atoms with Crippen molar-refractivity contribution in [3.8, 4) is 5.88 Å². The van der Waals surface area contributed by atoms with Crippen LogP contribution < -0.4 is 9.80 Å². The highest BCUT2D eigenvalue weighted by atomic mass is 35.5. The van der Waals surface area contributed by atoms with Crippen molar-refractivity contribution in [2.75, 3.05) is 36.0 Å². The second-order valence-electron chi connectivity index (χ2n) is 6.96. The van der Waals surface area contributed by atoms with Crippen LogP contribution in [-0.2, 0) is 0 Å². The lowest BCUT2D eigenvalue weighted by Crippen LogP contribution is -2.47. The molecule has 170 valence electrons. The summed E-state index contributed by atoms with van der Waals surface area (Å²) in [5.74, 6) is 0.999. The summed E-state index contributed by atoms with van der Waals surface area (Å²) in [4.78, 5) is 20.0. The number of H-pyrrole nitrogens is 1. The Balaban J connectivity index is 0.00000121. The first kappa shape index (κ1) is 25.5. The molecule has 1 saturated heterocycles. The van der Waals surface area contributed by atoms with Gasteiger partial charge in [-0.1, -0.05) is 12.1 Å². The van der Waals surface area contributed by atoms with Crippen LogP contribution in [0.2, 0.25) is 0 Å². The number of hydrogen-bond acceptors (Lipinski definition) is 6. The largest absolute Gasteiger partial charge is 0.492 e. The van der Waals surface area contributed by atoms with E-state index in [2.05, 4.69) is 24.8 Å². The molecule has 2 N–H and O–H groups in total. The molecule has 1 fully saturated rings. The molecule has 0 saturated carbocycles. The topological polar surface area (TPSA) is 80.6 Å². The first-order valence-corrected chi connectivity index (χ1v) is 9.43. The highest BCUT2D eigenvalue weighted by Gasteiger charge is 2.23. The first-order valence-electron chi connectivity index (χ1n) is 9.43. The van der Waals surface area contributed by atoms with E-state index in [0.29, 0.717) is 49.3 Å². The average molecular weight is 500 g/mol. The van der Waals surface area contributed by atoms with Crippen LogP contribution in [0.4, 0.5) is 21.8 Å². The van der Waals surface area contributed by atoms with Crippen LogP contribution in [0, 0.1) is 5.82 Å². The van der Waals surface area contributed by atoms with Gasteiger partial charge in [-0.05, 0) is 30.3 Å². The van der Waals surface area contributed by atoms with Gasteiger partial charge < -0.3 is 19.9 Å². The molecule has 2 aromatic heterocycles. The molecule has 1 aromatic carbocycles. The molecule has 0 amide bonds. The number of aliphatic imine (C=N–C) groups is 1. The van der Waals surface area contributed by atoms with Crippen molar-refractivity contribution < 1.29 is 9.50 Å². The van der Waals surface area contributed by atoms with Crippen LogP contribution in [0.3, 0.4) is 0 Å². The van der Waals surface area contributed by atoms with Gasteiger partial charge in [0.25, 0.3) is 0 Å². The molecule has 7 nitrogen and oxygen atoms in total. The second kappa shape index (κ2) is 10.7. The third kappa shape index (κ3) is 4.82. The van der Waals surface area contributed by atoms with Crippen molar-refractivity contribution in [1.29, 1.82) is 0 Å². The number of pyridine rings is 1. The van der Waals surface area contributed by atoms with Gasteiger partial charge in [0.05, 0.1) is 5.69 Å². The summed E-state index contributed by atoms with van der Waals surface area (Å²) < 4.78 is 14.0. The number of aromatic amines is 1. The highest BCUT2D eigenvalue weighted by Crippen LogP contribution is 2.32. The lowest BCUT2D eigenvalue weighted by atomic mass is 10.1. The van der Waals surface area contributed by atoms with Crippen molar-refractivity contribution in [2.45, 2.75) is 0 Å². The number of imidazole rings is 1. The summed E-state index contributed by atoms with van der Waals surface area (Å²) in [7, 11) is 0. The number of anilines is 2. The lowest BCUT2D eigenvalue weighted by Gasteiger charge is -2.36. The molecule has 3 aromatic rings. The SMILES string of the molecule is Cl.Cl.Cl.Oc1nc(N2CCN(c3ccccc3F)CC2)[nH]c1C=C1C=Nc2ncccc21. The standard InChI is InChI=1S/C21H19FN6O.3ClH/c22-16-5-1-2-6-18(16)27-8-10-28(11-9-27)21-25-17(20(29)26-21)12-14-13-24-19-15(14)4-3-7-23-19;;;/h1-7,12-13,29H,8-11H2,(H,25,26);3*1H. The predicted octanol–water partition coefficient (Wildman–Crippen LogP) is 4.50. The van der Waals surface area contributed by atoms with Crippen LogP contribution in [0.5, 0.6) is 5.88 Å². The fourth-order valence-electron chi connectivity index (χ4n) is 3.68. The molecule has 11 heteroatoms. The van der Waals surface area contributed by atoms with E-state index in [4.69, 9.17) is 0 Å². The van der Waals surface area contributed by atoms with Crippen molar-refractivity contribution in [2.24, 2.45) is 4.99 Å². The van der Waals surface area contributed by atoms with Gasteiger partial charge in [-0.3, -0.25) is 0 Å². The summed E-state index contributed by atoms with van der Waals surface area (Å²) >= 11 is 0. The summed E-state index contributed by atoms with van der Waals surface area (Å²) in [6, 6.07) is 10.6. The number of nitrogens with one attached hydrogen (secondary N) is 1. The van der Waals surface area contributed by atoms with Crippen LogP contribution in [0.15, 0.2) is 47.6 Å². The van der Waals surface area contributed by atoms with Gasteiger partial charge in [0.15, 0.2) is 5.82 Å². The lowest BCUT2D eigenvalue weighted by molar-refractivity contribution is 0.455. The number of allylic oxidation sites excluding steroid dienone is 1. The van der Waals surface area contributed by atoms with Gasteiger partial charge in [0.2, 0.25) is 11.8 Å². The number of hydrogen-bond donors (Lipinski definition) is 2. The highest BCUT2D eigenvalue weighted by molar-refractivity contribution is 6.20. The molecule has 0 unspecified atom stereocenters. The third-order valence-electron chi connectivity index (χ3n) is 5.19. The maximum atomic E-state index is 14.0. The number of rotatable bonds is 3. The van der Waals surface area contributed by atoms with Crippen molar-refractivity contribution in [3.05, 3.63) is 59.7 Å². The molecule has 2 aliphatic heterocycles. The van der Waals surface area contributed by atoms with E-state index in [1.165, 1.54) is 6.07 Å². The fourth-order valence-corrected chi connectivity index (χ4v) is 3.68. The molecular weight excluding hydrogens is 478 g/mol. The molecule has 0 atom stereocenters. The fraction of sp³-hybridized carbons (Fsp3) is 0.190. The third-order valence-corrected chi connectivity index (χ3v) is 5.19. The summed E-state index contributed by atoms with van der Waals surface area (Å²) in [5.41, 5.74) is 2.92. The predicted molar refractivity (Wildman–Crippen MR) is 133 cm³/mol. The zero-order chi connectivity index (χ0) is 19.8. The van der Waals surface area contributed by atoms with E-state index in [1.807, 2.05) is 29.2 Å². The van der Waals surface area contributed by atoms with Crippen LogP contribution in [0.25, 0.3) is 11.6 Å². The Labute approximate surface area is 203 Å². The van der Waals surface area contributed by atoms with E-state index >= 15 is 0 Å². The molecule has 4 heterocycles. The minimum Gasteiger partial charge on any atom is -0.492 e. The Kier molecular flexibility index (Phi) is 8.49. The Bertz CT molecular complexity index is 1130. The van der Waals surface area contributed by atoms with E-state index in [0.717, 1.165) is 11.1 Å². The van der Waals surface area contributed by atoms with Crippen molar-refractivity contribution in [3.63, 3.8) is 0 Å². The van der Waals surface area contributed by atoms with Crippen molar-refractivity contribution in [1.82, 2.24) is 15.0 Å². The quantitative estimate of drug-likeness (QED) is 0.555. The van der Waals surface area contributed by atoms with E-state index in [9.17, 15) is 9.50 Å². The van der Waals surface area contributed by atoms with Gasteiger partial charge in [-0.2, -0.15) is 4.98 Å². The summed E-state index contributed by atoms with van der Waals surface area (Å²) in [6.07, 6.45) is 5.25. The Morgan fingerprint density at radius 3 is 2.44 bits per heavy atom. The molecule has 0 aliphatic carbocycles. The number of piperazine rings is 1. The maximum absolute atomic E-state index is 14.0. The summed E-state index contributed by atoms with van der Waals surface area (Å²) in [6.45, 7) is 2.69. The molecule has 0 radical (unpaired) electrons. The Morgan fingerprint density at radius 1 is 0.969 bits per heavy atom. The van der Waals surface area contributed by atoms with Crippen LogP contribution in [-0.4, -0.2) is 52.5 Å². The van der Waals surface area contributed by atoms with Crippen LogP contribution in [0.1, 0.15) is 11.3 Å².